The number of anilines is 1. The van der Waals surface area contributed by atoms with Crippen LogP contribution in [0.2, 0.25) is 0 Å². The zero-order chi connectivity index (χ0) is 16.2. The average Bonchev–Trinajstić information content (AvgIpc) is 2.99. The lowest BCUT2D eigenvalue weighted by atomic mass is 10.1. The minimum absolute atomic E-state index is 0.0247. The molecular weight excluding hydrogens is 288 g/mol. The summed E-state index contributed by atoms with van der Waals surface area (Å²) in [5, 5.41) is 2.94. The highest BCUT2D eigenvalue weighted by atomic mass is 16.3. The van der Waals surface area contributed by atoms with Gasteiger partial charge in [-0.05, 0) is 42.8 Å². The Morgan fingerprint density at radius 3 is 2.61 bits per heavy atom. The predicted octanol–water partition coefficient (Wildman–Crippen LogP) is 4.87. The third-order valence-corrected chi connectivity index (χ3v) is 3.86. The molecule has 4 heteroatoms. The lowest BCUT2D eigenvalue weighted by Gasteiger charge is -2.11. The largest absolute Gasteiger partial charge is 0.436 e. The van der Waals surface area contributed by atoms with Gasteiger partial charge in [-0.15, -0.1) is 0 Å². The molecule has 0 unspecified atom stereocenters. The second-order valence-corrected chi connectivity index (χ2v) is 5.74. The Bertz CT molecular complexity index is 773. The molecule has 0 fully saturated rings. The number of oxazole rings is 1. The van der Waals surface area contributed by atoms with Gasteiger partial charge in [0.15, 0.2) is 5.58 Å². The summed E-state index contributed by atoms with van der Waals surface area (Å²) in [7, 11) is 0. The normalized spacial score (nSPS) is 12.3. The topological polar surface area (TPSA) is 55.1 Å². The number of nitrogens with one attached hydrogen (secondary N) is 1. The molecule has 23 heavy (non-hydrogen) atoms. The maximum atomic E-state index is 12.0. The van der Waals surface area contributed by atoms with Gasteiger partial charge in [-0.25, -0.2) is 4.98 Å². The second-order valence-electron chi connectivity index (χ2n) is 5.74. The Labute approximate surface area is 135 Å². The molecule has 3 rings (SSSR count). The molecule has 2 aromatic carbocycles. The van der Waals surface area contributed by atoms with E-state index in [1.807, 2.05) is 55.5 Å². The van der Waals surface area contributed by atoms with Crippen LogP contribution in [0.5, 0.6) is 0 Å². The summed E-state index contributed by atoms with van der Waals surface area (Å²) in [6.45, 7) is 4.03. The molecule has 0 bridgehead atoms. The molecule has 0 radical (unpaired) electrons. The number of para-hydroxylation sites is 2. The number of benzene rings is 2. The molecule has 1 heterocycles. The van der Waals surface area contributed by atoms with Crippen LogP contribution < -0.4 is 5.32 Å². The summed E-state index contributed by atoms with van der Waals surface area (Å²) >= 11 is 0. The van der Waals surface area contributed by atoms with Crippen molar-refractivity contribution in [1.82, 2.24) is 4.98 Å². The van der Waals surface area contributed by atoms with E-state index in [2.05, 4.69) is 17.2 Å². The van der Waals surface area contributed by atoms with E-state index >= 15 is 0 Å². The van der Waals surface area contributed by atoms with Gasteiger partial charge in [0.25, 0.3) is 0 Å². The first-order valence-corrected chi connectivity index (χ1v) is 7.94. The number of amides is 1. The summed E-state index contributed by atoms with van der Waals surface area (Å²) in [5.41, 5.74) is 3.29. The van der Waals surface area contributed by atoms with Gasteiger partial charge in [0.05, 0.1) is 0 Å². The van der Waals surface area contributed by atoms with Crippen molar-refractivity contribution in [2.24, 2.45) is 5.92 Å². The van der Waals surface area contributed by atoms with Crippen molar-refractivity contribution in [3.63, 3.8) is 0 Å². The number of rotatable bonds is 5. The van der Waals surface area contributed by atoms with Crippen LogP contribution in [0, 0.1) is 5.92 Å². The summed E-state index contributed by atoms with van der Waals surface area (Å²) < 4.78 is 5.75. The fourth-order valence-electron chi connectivity index (χ4n) is 2.52. The molecule has 0 spiro atoms. The van der Waals surface area contributed by atoms with Gasteiger partial charge < -0.3 is 9.73 Å². The Morgan fingerprint density at radius 1 is 1.17 bits per heavy atom. The van der Waals surface area contributed by atoms with Crippen LogP contribution in [0.1, 0.15) is 26.7 Å². The smallest absolute Gasteiger partial charge is 0.227 e. The summed E-state index contributed by atoms with van der Waals surface area (Å²) in [5.74, 6) is 0.668. The Morgan fingerprint density at radius 2 is 1.91 bits per heavy atom. The van der Waals surface area contributed by atoms with Crippen molar-refractivity contribution in [3.8, 4) is 11.5 Å². The number of nitrogens with zero attached hydrogens (tertiary/aromatic N) is 1. The summed E-state index contributed by atoms with van der Waals surface area (Å²) in [6.07, 6.45) is 1.90. The van der Waals surface area contributed by atoms with Gasteiger partial charge in [-0.3, -0.25) is 4.79 Å². The molecule has 118 valence electrons. The fraction of sp³-hybridized carbons (Fsp3) is 0.263. The van der Waals surface area contributed by atoms with E-state index in [4.69, 9.17) is 4.42 Å². The van der Waals surface area contributed by atoms with Crippen LogP contribution in [-0.2, 0) is 4.79 Å². The Kier molecular flexibility index (Phi) is 4.42. The monoisotopic (exact) mass is 308 g/mol. The van der Waals surface area contributed by atoms with Crippen molar-refractivity contribution < 1.29 is 9.21 Å². The first-order valence-electron chi connectivity index (χ1n) is 7.94. The molecule has 1 aromatic heterocycles. The summed E-state index contributed by atoms with van der Waals surface area (Å²) in [6, 6.07) is 15.2. The van der Waals surface area contributed by atoms with Crippen molar-refractivity contribution in [2.45, 2.75) is 26.7 Å². The molecule has 0 aliphatic heterocycles. The minimum atomic E-state index is 0.0247. The average molecular weight is 308 g/mol. The van der Waals surface area contributed by atoms with E-state index < -0.39 is 0 Å². The van der Waals surface area contributed by atoms with Gasteiger partial charge in [0.2, 0.25) is 11.8 Å². The molecule has 1 amide bonds. The molecule has 1 N–H and O–H groups in total. The van der Waals surface area contributed by atoms with Crippen LogP contribution in [0.25, 0.3) is 22.6 Å². The zero-order valence-electron chi connectivity index (χ0n) is 13.4. The van der Waals surface area contributed by atoms with Crippen molar-refractivity contribution in [1.29, 1.82) is 0 Å². The highest BCUT2D eigenvalue weighted by molar-refractivity contribution is 5.92. The van der Waals surface area contributed by atoms with Gasteiger partial charge in [-0.2, -0.15) is 0 Å². The lowest BCUT2D eigenvalue weighted by molar-refractivity contribution is -0.119. The van der Waals surface area contributed by atoms with Crippen LogP contribution in [0.4, 0.5) is 5.69 Å². The maximum absolute atomic E-state index is 12.0. The van der Waals surface area contributed by atoms with Crippen LogP contribution >= 0.6 is 0 Å². The van der Waals surface area contributed by atoms with Crippen LogP contribution in [0.3, 0.4) is 0 Å². The number of aromatic nitrogens is 1. The predicted molar refractivity (Wildman–Crippen MR) is 92.1 cm³/mol. The standard InChI is InChI=1S/C19H20N2O2/c1-3-6-13(2)18(22)20-15-11-9-14(10-12-15)19-21-16-7-4-5-8-17(16)23-19/h4-5,7-13H,3,6H2,1-2H3,(H,20,22)/t13-/m1/s1. The van der Waals surface area contributed by atoms with Gasteiger partial charge in [0.1, 0.15) is 5.52 Å². The molecule has 4 nitrogen and oxygen atoms in total. The Hall–Kier alpha value is -2.62. The Balaban J connectivity index is 1.75. The van der Waals surface area contributed by atoms with Crippen molar-refractivity contribution in [2.75, 3.05) is 5.32 Å². The van der Waals surface area contributed by atoms with Crippen LogP contribution in [-0.4, -0.2) is 10.9 Å². The van der Waals surface area contributed by atoms with E-state index in [1.165, 1.54) is 0 Å². The van der Waals surface area contributed by atoms with Gasteiger partial charge >= 0.3 is 0 Å². The van der Waals surface area contributed by atoms with Crippen molar-refractivity contribution in [3.05, 3.63) is 48.5 Å². The number of carbonyl (C=O) groups is 1. The van der Waals surface area contributed by atoms with E-state index in [-0.39, 0.29) is 11.8 Å². The molecule has 0 saturated heterocycles. The second kappa shape index (κ2) is 6.65. The number of fused-ring (bicyclic) bond motifs is 1. The van der Waals surface area contributed by atoms with Crippen molar-refractivity contribution >= 4 is 22.7 Å². The quantitative estimate of drug-likeness (QED) is 0.731. The van der Waals surface area contributed by atoms with E-state index in [0.29, 0.717) is 5.89 Å². The highest BCUT2D eigenvalue weighted by Crippen LogP contribution is 2.25. The van der Waals surface area contributed by atoms with E-state index in [9.17, 15) is 4.79 Å². The van der Waals surface area contributed by atoms with Gasteiger partial charge in [0, 0.05) is 17.2 Å². The molecule has 3 aromatic rings. The molecule has 0 aliphatic rings. The zero-order valence-corrected chi connectivity index (χ0v) is 13.4. The highest BCUT2D eigenvalue weighted by Gasteiger charge is 2.12. The third-order valence-electron chi connectivity index (χ3n) is 3.86. The maximum Gasteiger partial charge on any atom is 0.227 e. The first-order chi connectivity index (χ1) is 11.2. The minimum Gasteiger partial charge on any atom is -0.436 e. The fourth-order valence-corrected chi connectivity index (χ4v) is 2.52. The molecular formula is C19H20N2O2. The number of carbonyl (C=O) groups excluding carboxylic acids is 1. The molecule has 1 atom stereocenters. The SMILES string of the molecule is CCC[C@@H](C)C(=O)Nc1ccc(-c2nc3ccccc3o2)cc1. The molecule has 0 saturated carbocycles. The number of hydrogen-bond donors (Lipinski definition) is 1. The molecule has 0 aliphatic carbocycles. The third kappa shape index (κ3) is 3.42. The van der Waals surface area contributed by atoms with E-state index in [0.717, 1.165) is 35.2 Å². The lowest BCUT2D eigenvalue weighted by Crippen LogP contribution is -2.20. The number of hydrogen-bond acceptors (Lipinski definition) is 3. The first kappa shape index (κ1) is 15.3. The van der Waals surface area contributed by atoms with E-state index in [1.54, 1.807) is 0 Å². The summed E-state index contributed by atoms with van der Waals surface area (Å²) in [4.78, 5) is 16.5. The van der Waals surface area contributed by atoms with Crippen LogP contribution in [0.15, 0.2) is 52.9 Å². The van der Waals surface area contributed by atoms with Gasteiger partial charge in [-0.1, -0.05) is 32.4 Å².